The molecule has 0 aliphatic heterocycles. The SMILES string of the molecule is CC(N)Cc1c[nH]c2ccccc12.O=CO. The topological polar surface area (TPSA) is 79.1 Å². The van der Waals surface area contributed by atoms with Crippen molar-refractivity contribution in [1.29, 1.82) is 0 Å². The molecule has 0 radical (unpaired) electrons. The average molecular weight is 220 g/mol. The van der Waals surface area contributed by atoms with Crippen LogP contribution in [-0.4, -0.2) is 22.6 Å². The first-order valence-electron chi connectivity index (χ1n) is 5.07. The maximum atomic E-state index is 8.36. The van der Waals surface area contributed by atoms with Gasteiger partial charge in [-0.25, -0.2) is 0 Å². The van der Waals surface area contributed by atoms with E-state index in [1.807, 2.05) is 19.2 Å². The Morgan fingerprint density at radius 1 is 1.50 bits per heavy atom. The monoisotopic (exact) mass is 220 g/mol. The van der Waals surface area contributed by atoms with Crippen LogP contribution in [-0.2, 0) is 11.2 Å². The highest BCUT2D eigenvalue weighted by Gasteiger charge is 2.03. The van der Waals surface area contributed by atoms with E-state index in [0.717, 1.165) is 6.42 Å². The van der Waals surface area contributed by atoms with E-state index in [1.165, 1.54) is 16.5 Å². The zero-order valence-corrected chi connectivity index (χ0v) is 9.18. The maximum absolute atomic E-state index is 8.36. The van der Waals surface area contributed by atoms with Gasteiger partial charge in [-0.1, -0.05) is 18.2 Å². The number of H-pyrrole nitrogens is 1. The van der Waals surface area contributed by atoms with Gasteiger partial charge in [-0.2, -0.15) is 0 Å². The number of nitrogens with one attached hydrogen (secondary N) is 1. The number of rotatable bonds is 2. The van der Waals surface area contributed by atoms with Crippen LogP contribution in [0.5, 0.6) is 0 Å². The summed E-state index contributed by atoms with van der Waals surface area (Å²) in [5.74, 6) is 0. The van der Waals surface area contributed by atoms with Crippen molar-refractivity contribution in [3.63, 3.8) is 0 Å². The van der Waals surface area contributed by atoms with Crippen LogP contribution in [0.2, 0.25) is 0 Å². The van der Waals surface area contributed by atoms with Crippen molar-refractivity contribution in [3.8, 4) is 0 Å². The molecular formula is C12H16N2O2. The Labute approximate surface area is 94.1 Å². The summed E-state index contributed by atoms with van der Waals surface area (Å²) < 4.78 is 0. The van der Waals surface area contributed by atoms with E-state index in [1.54, 1.807) is 0 Å². The van der Waals surface area contributed by atoms with Gasteiger partial charge in [0.2, 0.25) is 0 Å². The van der Waals surface area contributed by atoms with Crippen LogP contribution in [0.25, 0.3) is 10.9 Å². The lowest BCUT2D eigenvalue weighted by Crippen LogP contribution is -2.17. The molecule has 2 aromatic rings. The van der Waals surface area contributed by atoms with Gasteiger partial charge >= 0.3 is 0 Å². The lowest BCUT2D eigenvalue weighted by Gasteiger charge is -2.02. The van der Waals surface area contributed by atoms with E-state index >= 15 is 0 Å². The third-order valence-corrected chi connectivity index (χ3v) is 2.22. The molecule has 1 aromatic carbocycles. The number of para-hydroxylation sites is 1. The molecule has 0 bridgehead atoms. The van der Waals surface area contributed by atoms with E-state index in [-0.39, 0.29) is 12.5 Å². The Morgan fingerprint density at radius 3 is 2.75 bits per heavy atom. The fraction of sp³-hybridized carbons (Fsp3) is 0.250. The summed E-state index contributed by atoms with van der Waals surface area (Å²) in [5, 5.41) is 8.18. The average Bonchev–Trinajstić information content (AvgIpc) is 2.63. The summed E-state index contributed by atoms with van der Waals surface area (Å²) in [5.41, 5.74) is 8.26. The number of carbonyl (C=O) groups is 1. The molecule has 0 aliphatic carbocycles. The standard InChI is InChI=1S/C11H14N2.CH2O2/c1-8(12)6-9-7-13-11-5-3-2-4-10(9)11;2-1-3/h2-5,7-8,13H,6,12H2,1H3;1H,(H,2,3). The highest BCUT2D eigenvalue weighted by Crippen LogP contribution is 2.18. The summed E-state index contributed by atoms with van der Waals surface area (Å²) in [6.07, 6.45) is 2.98. The zero-order valence-electron chi connectivity index (χ0n) is 9.18. The van der Waals surface area contributed by atoms with Gasteiger partial charge in [-0.05, 0) is 25.0 Å². The largest absolute Gasteiger partial charge is 0.483 e. The number of hydrogen-bond acceptors (Lipinski definition) is 2. The van der Waals surface area contributed by atoms with E-state index in [2.05, 4.69) is 23.2 Å². The quantitative estimate of drug-likeness (QED) is 0.675. The number of nitrogens with two attached hydrogens (primary N) is 1. The molecule has 0 aliphatic rings. The number of fused-ring (bicyclic) bond motifs is 1. The normalized spacial score (nSPS) is 11.6. The maximum Gasteiger partial charge on any atom is 0.290 e. The Balaban J connectivity index is 0.000000386. The van der Waals surface area contributed by atoms with E-state index in [0.29, 0.717) is 0 Å². The van der Waals surface area contributed by atoms with Crippen LogP contribution in [0.3, 0.4) is 0 Å². The smallest absolute Gasteiger partial charge is 0.290 e. The molecular weight excluding hydrogens is 204 g/mol. The van der Waals surface area contributed by atoms with E-state index < -0.39 is 0 Å². The first-order valence-corrected chi connectivity index (χ1v) is 5.07. The molecule has 2 rings (SSSR count). The lowest BCUT2D eigenvalue weighted by atomic mass is 10.1. The third-order valence-electron chi connectivity index (χ3n) is 2.22. The second-order valence-electron chi connectivity index (χ2n) is 3.65. The Morgan fingerprint density at radius 2 is 2.12 bits per heavy atom. The molecule has 1 unspecified atom stereocenters. The molecule has 16 heavy (non-hydrogen) atoms. The predicted octanol–water partition coefficient (Wildman–Crippen LogP) is 1.76. The third kappa shape index (κ3) is 3.10. The molecule has 0 saturated carbocycles. The fourth-order valence-corrected chi connectivity index (χ4v) is 1.65. The van der Waals surface area contributed by atoms with Gasteiger partial charge < -0.3 is 15.8 Å². The predicted molar refractivity (Wildman–Crippen MR) is 64.3 cm³/mol. The van der Waals surface area contributed by atoms with Gasteiger partial charge in [0.1, 0.15) is 0 Å². The van der Waals surface area contributed by atoms with Crippen molar-refractivity contribution >= 4 is 17.4 Å². The molecule has 86 valence electrons. The minimum Gasteiger partial charge on any atom is -0.483 e. The fourth-order valence-electron chi connectivity index (χ4n) is 1.65. The van der Waals surface area contributed by atoms with Gasteiger partial charge in [0.05, 0.1) is 0 Å². The minimum absolute atomic E-state index is 0.221. The van der Waals surface area contributed by atoms with Crippen LogP contribution in [0, 0.1) is 0 Å². The van der Waals surface area contributed by atoms with Crippen LogP contribution in [0.15, 0.2) is 30.5 Å². The van der Waals surface area contributed by atoms with Crippen molar-refractivity contribution in [2.45, 2.75) is 19.4 Å². The molecule has 0 spiro atoms. The summed E-state index contributed by atoms with van der Waals surface area (Å²) >= 11 is 0. The van der Waals surface area contributed by atoms with Gasteiger partial charge in [-0.15, -0.1) is 0 Å². The summed E-state index contributed by atoms with van der Waals surface area (Å²) in [4.78, 5) is 11.6. The number of hydrogen-bond donors (Lipinski definition) is 3. The lowest BCUT2D eigenvalue weighted by molar-refractivity contribution is -0.122. The van der Waals surface area contributed by atoms with Crippen molar-refractivity contribution in [2.24, 2.45) is 5.73 Å². The van der Waals surface area contributed by atoms with Gasteiger partial charge in [0, 0.05) is 23.1 Å². The van der Waals surface area contributed by atoms with E-state index in [4.69, 9.17) is 15.6 Å². The van der Waals surface area contributed by atoms with Crippen LogP contribution < -0.4 is 5.73 Å². The van der Waals surface area contributed by atoms with Crippen molar-refractivity contribution in [1.82, 2.24) is 4.98 Å². The molecule has 0 fully saturated rings. The highest BCUT2D eigenvalue weighted by molar-refractivity contribution is 5.83. The number of carboxylic acid groups (broad SMARTS) is 1. The first kappa shape index (κ1) is 12.3. The number of aromatic amines is 1. The minimum atomic E-state index is -0.250. The molecule has 0 saturated heterocycles. The number of benzene rings is 1. The number of aromatic nitrogens is 1. The Bertz CT molecular complexity index is 449. The van der Waals surface area contributed by atoms with Gasteiger partial charge in [0.25, 0.3) is 6.47 Å². The summed E-state index contributed by atoms with van der Waals surface area (Å²) in [6.45, 7) is 1.78. The Hall–Kier alpha value is -1.81. The van der Waals surface area contributed by atoms with Gasteiger partial charge in [-0.3, -0.25) is 4.79 Å². The summed E-state index contributed by atoms with van der Waals surface area (Å²) in [6, 6.07) is 8.53. The molecule has 0 amide bonds. The summed E-state index contributed by atoms with van der Waals surface area (Å²) in [7, 11) is 0. The first-order chi connectivity index (χ1) is 7.69. The van der Waals surface area contributed by atoms with Crippen LogP contribution in [0.4, 0.5) is 0 Å². The molecule has 4 nitrogen and oxygen atoms in total. The molecule has 1 atom stereocenters. The Kier molecular flexibility index (Phi) is 4.54. The highest BCUT2D eigenvalue weighted by atomic mass is 16.3. The van der Waals surface area contributed by atoms with Crippen molar-refractivity contribution in [2.75, 3.05) is 0 Å². The molecule has 4 heteroatoms. The zero-order chi connectivity index (χ0) is 12.0. The van der Waals surface area contributed by atoms with E-state index in [9.17, 15) is 0 Å². The molecule has 1 aromatic heterocycles. The van der Waals surface area contributed by atoms with Crippen molar-refractivity contribution in [3.05, 3.63) is 36.0 Å². The second-order valence-corrected chi connectivity index (χ2v) is 3.65. The van der Waals surface area contributed by atoms with Crippen LogP contribution >= 0.6 is 0 Å². The van der Waals surface area contributed by atoms with Crippen LogP contribution in [0.1, 0.15) is 12.5 Å². The van der Waals surface area contributed by atoms with Gasteiger partial charge in [0.15, 0.2) is 0 Å². The molecule has 4 N–H and O–H groups in total. The van der Waals surface area contributed by atoms with Crippen molar-refractivity contribution < 1.29 is 9.90 Å². The second kappa shape index (κ2) is 5.92. The molecule has 1 heterocycles.